The lowest BCUT2D eigenvalue weighted by Gasteiger charge is -2.13. The van der Waals surface area contributed by atoms with Crippen molar-refractivity contribution < 1.29 is 9.90 Å². The van der Waals surface area contributed by atoms with Crippen molar-refractivity contribution in [3.8, 4) is 5.69 Å². The third-order valence-corrected chi connectivity index (χ3v) is 3.20. The van der Waals surface area contributed by atoms with Crippen molar-refractivity contribution in [3.05, 3.63) is 39.8 Å². The van der Waals surface area contributed by atoms with Gasteiger partial charge in [-0.15, -0.1) is 0 Å². The average molecular weight is 276 g/mol. The molecule has 0 amide bonds. The van der Waals surface area contributed by atoms with E-state index in [2.05, 4.69) is 10.1 Å². The summed E-state index contributed by atoms with van der Waals surface area (Å²) in [6.45, 7) is 3.51. The molecular formula is C13H16N4O3. The molecule has 0 radical (unpaired) electrons. The van der Waals surface area contributed by atoms with E-state index >= 15 is 0 Å². The Hall–Kier alpha value is -2.44. The minimum atomic E-state index is -0.872. The molecule has 2 rings (SSSR count). The van der Waals surface area contributed by atoms with Gasteiger partial charge in [0, 0.05) is 31.1 Å². The third kappa shape index (κ3) is 2.61. The van der Waals surface area contributed by atoms with Gasteiger partial charge in [-0.1, -0.05) is 0 Å². The van der Waals surface area contributed by atoms with Crippen molar-refractivity contribution >= 4 is 5.97 Å². The molecule has 0 saturated carbocycles. The van der Waals surface area contributed by atoms with Gasteiger partial charge in [0.15, 0.2) is 0 Å². The molecule has 20 heavy (non-hydrogen) atoms. The van der Waals surface area contributed by atoms with Crippen LogP contribution in [-0.2, 0) is 18.3 Å². The van der Waals surface area contributed by atoms with E-state index in [9.17, 15) is 9.59 Å². The molecule has 0 aliphatic heterocycles. The summed E-state index contributed by atoms with van der Waals surface area (Å²) in [5, 5.41) is 12.8. The van der Waals surface area contributed by atoms with Crippen LogP contribution in [0.25, 0.3) is 5.69 Å². The van der Waals surface area contributed by atoms with Crippen LogP contribution in [-0.4, -0.2) is 30.4 Å². The predicted molar refractivity (Wildman–Crippen MR) is 72.0 cm³/mol. The molecule has 0 atom stereocenters. The normalized spacial score (nSPS) is 10.8. The minimum absolute atomic E-state index is 0.00854. The second-order valence-electron chi connectivity index (χ2n) is 4.65. The lowest BCUT2D eigenvalue weighted by atomic mass is 10.1. The maximum Gasteiger partial charge on any atom is 0.352 e. The van der Waals surface area contributed by atoms with Crippen molar-refractivity contribution in [2.24, 2.45) is 7.05 Å². The van der Waals surface area contributed by atoms with Gasteiger partial charge in [-0.2, -0.15) is 10.1 Å². The zero-order chi connectivity index (χ0) is 14.9. The van der Waals surface area contributed by atoms with Gasteiger partial charge in [0.25, 0.3) is 0 Å². The van der Waals surface area contributed by atoms with Crippen LogP contribution in [0.2, 0.25) is 0 Å². The highest BCUT2D eigenvalue weighted by molar-refractivity contribution is 5.67. The predicted octanol–water partition coefficient (Wildman–Crippen LogP) is 0.600. The fraction of sp³-hybridized carbons (Fsp3) is 0.385. The van der Waals surface area contributed by atoms with Crippen LogP contribution < -0.4 is 5.69 Å². The first kappa shape index (κ1) is 14.0. The first-order valence-electron chi connectivity index (χ1n) is 6.20. The van der Waals surface area contributed by atoms with Crippen LogP contribution >= 0.6 is 0 Å². The van der Waals surface area contributed by atoms with E-state index in [0.29, 0.717) is 23.5 Å². The summed E-state index contributed by atoms with van der Waals surface area (Å²) < 4.78 is 3.05. The molecule has 2 aromatic heterocycles. The van der Waals surface area contributed by atoms with Crippen molar-refractivity contribution in [1.29, 1.82) is 0 Å². The molecule has 106 valence electrons. The Balaban J connectivity index is 2.55. The Morgan fingerprint density at radius 1 is 1.40 bits per heavy atom. The maximum atomic E-state index is 12.1. The third-order valence-electron chi connectivity index (χ3n) is 3.20. The van der Waals surface area contributed by atoms with Crippen molar-refractivity contribution in [1.82, 2.24) is 19.3 Å². The van der Waals surface area contributed by atoms with Crippen molar-refractivity contribution in [3.63, 3.8) is 0 Å². The van der Waals surface area contributed by atoms with Gasteiger partial charge >= 0.3 is 11.7 Å². The highest BCUT2D eigenvalue weighted by atomic mass is 16.4. The number of hydrogen-bond acceptors (Lipinski definition) is 4. The Morgan fingerprint density at radius 3 is 2.65 bits per heavy atom. The number of carbonyl (C=O) groups is 1. The molecule has 0 unspecified atom stereocenters. The van der Waals surface area contributed by atoms with Gasteiger partial charge < -0.3 is 5.11 Å². The number of carboxylic acids is 1. The fourth-order valence-corrected chi connectivity index (χ4v) is 2.22. The molecule has 2 aromatic rings. The quantitative estimate of drug-likeness (QED) is 0.883. The van der Waals surface area contributed by atoms with Gasteiger partial charge in [0.1, 0.15) is 0 Å². The summed E-state index contributed by atoms with van der Waals surface area (Å²) in [5.41, 5.74) is 2.31. The Labute approximate surface area is 115 Å². The second kappa shape index (κ2) is 5.28. The molecular weight excluding hydrogens is 260 g/mol. The molecule has 0 fully saturated rings. The zero-order valence-corrected chi connectivity index (χ0v) is 11.6. The van der Waals surface area contributed by atoms with E-state index in [-0.39, 0.29) is 12.1 Å². The SMILES string of the molecule is Cc1nc(=O)n(-c2cnn(C)c2)c(C)c1CCC(=O)O. The first-order chi connectivity index (χ1) is 9.40. The molecule has 0 aliphatic carbocycles. The van der Waals surface area contributed by atoms with E-state index in [1.165, 1.54) is 4.57 Å². The van der Waals surface area contributed by atoms with E-state index in [0.717, 1.165) is 5.56 Å². The summed E-state index contributed by atoms with van der Waals surface area (Å²) in [5.74, 6) is -0.872. The van der Waals surface area contributed by atoms with Crippen molar-refractivity contribution in [2.75, 3.05) is 0 Å². The van der Waals surface area contributed by atoms with Gasteiger partial charge in [0.05, 0.1) is 11.9 Å². The summed E-state index contributed by atoms with van der Waals surface area (Å²) in [7, 11) is 1.76. The van der Waals surface area contributed by atoms with Crippen LogP contribution in [0.4, 0.5) is 0 Å². The molecule has 0 aromatic carbocycles. The maximum absolute atomic E-state index is 12.1. The topological polar surface area (TPSA) is 90.0 Å². The smallest absolute Gasteiger partial charge is 0.352 e. The number of nitrogens with zero attached hydrogens (tertiary/aromatic N) is 4. The van der Waals surface area contributed by atoms with Crippen LogP contribution in [0.1, 0.15) is 23.4 Å². The molecule has 0 spiro atoms. The van der Waals surface area contributed by atoms with E-state index < -0.39 is 5.97 Å². The van der Waals surface area contributed by atoms with Gasteiger partial charge in [-0.25, -0.2) is 4.79 Å². The number of hydrogen-bond donors (Lipinski definition) is 1. The van der Waals surface area contributed by atoms with Crippen LogP contribution in [0.3, 0.4) is 0 Å². The standard InChI is InChI=1S/C13H16N4O3/c1-8-11(4-5-12(18)19)9(2)17(13(20)15-8)10-6-14-16(3)7-10/h6-7H,4-5H2,1-3H3,(H,18,19). The summed E-state index contributed by atoms with van der Waals surface area (Å²) in [6, 6.07) is 0. The fourth-order valence-electron chi connectivity index (χ4n) is 2.22. The Morgan fingerprint density at radius 2 is 2.10 bits per heavy atom. The summed E-state index contributed by atoms with van der Waals surface area (Å²) >= 11 is 0. The Bertz CT molecular complexity index is 715. The Kier molecular flexibility index (Phi) is 3.69. The minimum Gasteiger partial charge on any atom is -0.481 e. The monoisotopic (exact) mass is 276 g/mol. The first-order valence-corrected chi connectivity index (χ1v) is 6.20. The molecule has 1 N–H and O–H groups in total. The molecule has 0 saturated heterocycles. The van der Waals surface area contributed by atoms with Crippen LogP contribution in [0, 0.1) is 13.8 Å². The van der Waals surface area contributed by atoms with Gasteiger partial charge in [-0.05, 0) is 25.8 Å². The van der Waals surface area contributed by atoms with E-state index in [4.69, 9.17) is 5.11 Å². The molecule has 0 aliphatic rings. The lowest BCUT2D eigenvalue weighted by molar-refractivity contribution is -0.136. The largest absolute Gasteiger partial charge is 0.481 e. The van der Waals surface area contributed by atoms with Crippen molar-refractivity contribution in [2.45, 2.75) is 26.7 Å². The number of carboxylic acid groups (broad SMARTS) is 1. The zero-order valence-electron chi connectivity index (χ0n) is 11.6. The summed E-state index contributed by atoms with van der Waals surface area (Å²) in [6.07, 6.45) is 3.65. The molecule has 0 bridgehead atoms. The average Bonchev–Trinajstić information content (AvgIpc) is 2.74. The number of aromatic nitrogens is 4. The molecule has 7 heteroatoms. The highest BCUT2D eigenvalue weighted by Crippen LogP contribution is 2.15. The summed E-state index contributed by atoms with van der Waals surface area (Å²) in [4.78, 5) is 26.8. The van der Waals surface area contributed by atoms with E-state index in [1.54, 1.807) is 38.0 Å². The van der Waals surface area contributed by atoms with Crippen LogP contribution in [0.15, 0.2) is 17.2 Å². The number of rotatable bonds is 4. The molecule has 7 nitrogen and oxygen atoms in total. The highest BCUT2D eigenvalue weighted by Gasteiger charge is 2.14. The van der Waals surface area contributed by atoms with E-state index in [1.807, 2.05) is 0 Å². The van der Waals surface area contributed by atoms with Gasteiger partial charge in [-0.3, -0.25) is 14.0 Å². The number of aryl methyl sites for hydroxylation is 2. The lowest BCUT2D eigenvalue weighted by Crippen LogP contribution is -2.26. The van der Waals surface area contributed by atoms with Gasteiger partial charge in [0.2, 0.25) is 0 Å². The second-order valence-corrected chi connectivity index (χ2v) is 4.65. The molecule has 2 heterocycles. The number of aliphatic carboxylic acids is 1. The van der Waals surface area contributed by atoms with Crippen LogP contribution in [0.5, 0.6) is 0 Å².